The Morgan fingerprint density at radius 2 is 1.78 bits per heavy atom. The Morgan fingerprint density at radius 1 is 1.09 bits per heavy atom. The molecule has 0 aromatic heterocycles. The highest BCUT2D eigenvalue weighted by molar-refractivity contribution is 6.12. The normalized spacial score (nSPS) is 17.4. The summed E-state index contributed by atoms with van der Waals surface area (Å²) in [6, 6.07) is 13.9. The van der Waals surface area contributed by atoms with Gasteiger partial charge >= 0.3 is 6.18 Å². The fourth-order valence-electron chi connectivity index (χ4n) is 4.03. The average Bonchev–Trinajstić information content (AvgIpc) is 3.05. The Bertz CT molecular complexity index is 1250. The van der Waals surface area contributed by atoms with Gasteiger partial charge in [-0.2, -0.15) is 13.2 Å². The van der Waals surface area contributed by atoms with Crippen LogP contribution in [0.2, 0.25) is 0 Å². The second-order valence-electron chi connectivity index (χ2n) is 7.22. The summed E-state index contributed by atoms with van der Waals surface area (Å²) in [5, 5.41) is 12.2. The quantitative estimate of drug-likeness (QED) is 0.419. The smallest absolute Gasteiger partial charge is 0.418 e. The fraction of sp³-hybridized carbons (Fsp3) is 0.125. The zero-order chi connectivity index (χ0) is 23.1. The maximum atomic E-state index is 13.7. The van der Waals surface area contributed by atoms with Crippen LogP contribution in [0, 0.1) is 12.3 Å². The number of rotatable bonds is 4. The third-order valence-corrected chi connectivity index (χ3v) is 5.41. The Hall–Kier alpha value is -4.12. The Kier molecular flexibility index (Phi) is 4.97. The first-order valence-electron chi connectivity index (χ1n) is 9.47. The third kappa shape index (κ3) is 3.19. The van der Waals surface area contributed by atoms with Crippen LogP contribution in [0.25, 0.3) is 0 Å². The van der Waals surface area contributed by atoms with Crippen LogP contribution in [0.5, 0.6) is 11.5 Å². The summed E-state index contributed by atoms with van der Waals surface area (Å²) in [6.07, 6.45) is 0.576. The number of fused-ring (bicyclic) bond motifs is 1. The number of hydrogen-bond acceptors (Lipinski definition) is 4. The number of benzene rings is 3. The summed E-state index contributed by atoms with van der Waals surface area (Å²) in [7, 11) is 0. The predicted octanol–water partition coefficient (Wildman–Crippen LogP) is 4.29. The highest BCUT2D eigenvalue weighted by Gasteiger charge is 2.52. The van der Waals surface area contributed by atoms with Crippen LogP contribution in [0.15, 0.2) is 60.7 Å². The molecule has 5 nitrogen and oxygen atoms in total. The predicted molar refractivity (Wildman–Crippen MR) is 113 cm³/mol. The number of phenols is 1. The molecule has 0 saturated heterocycles. The number of aromatic hydroxyl groups is 1. The van der Waals surface area contributed by atoms with Crippen molar-refractivity contribution >= 4 is 17.3 Å². The van der Waals surface area contributed by atoms with Gasteiger partial charge in [-0.1, -0.05) is 36.3 Å². The number of nitrogens with two attached hydrogens (primary N) is 1. The van der Waals surface area contributed by atoms with Gasteiger partial charge in [0.2, 0.25) is 5.91 Å². The highest BCUT2D eigenvalue weighted by atomic mass is 19.4. The number of carbonyl (C=O) groups excluding carboxylic acids is 1. The van der Waals surface area contributed by atoms with E-state index >= 15 is 0 Å². The van der Waals surface area contributed by atoms with Gasteiger partial charge in [0.15, 0.2) is 0 Å². The van der Waals surface area contributed by atoms with Gasteiger partial charge in [0, 0.05) is 5.56 Å². The van der Waals surface area contributed by atoms with E-state index in [0.29, 0.717) is 11.1 Å². The zero-order valence-electron chi connectivity index (χ0n) is 16.5. The second kappa shape index (κ2) is 7.54. The Morgan fingerprint density at radius 3 is 2.44 bits per heavy atom. The molecule has 162 valence electrons. The van der Waals surface area contributed by atoms with Crippen molar-refractivity contribution in [3.8, 4) is 23.8 Å². The molecule has 8 heteroatoms. The number of anilines is 2. The van der Waals surface area contributed by atoms with E-state index in [4.69, 9.17) is 16.9 Å². The van der Waals surface area contributed by atoms with E-state index in [1.54, 1.807) is 6.07 Å². The van der Waals surface area contributed by atoms with Crippen molar-refractivity contribution in [2.75, 3.05) is 17.7 Å². The van der Waals surface area contributed by atoms with Gasteiger partial charge in [0.05, 0.1) is 16.9 Å². The van der Waals surface area contributed by atoms with Gasteiger partial charge in [-0.15, -0.1) is 6.42 Å². The molecule has 0 aliphatic carbocycles. The molecule has 3 aromatic rings. The van der Waals surface area contributed by atoms with Gasteiger partial charge in [0.1, 0.15) is 23.5 Å². The van der Waals surface area contributed by atoms with Gasteiger partial charge in [-0.05, 0) is 41.5 Å². The summed E-state index contributed by atoms with van der Waals surface area (Å²) in [5.74, 6) is 1.79. The van der Waals surface area contributed by atoms with Gasteiger partial charge in [-0.25, -0.2) is 0 Å². The first kappa shape index (κ1) is 21.1. The van der Waals surface area contributed by atoms with E-state index in [-0.39, 0.29) is 35.0 Å². The first-order chi connectivity index (χ1) is 15.2. The maximum Gasteiger partial charge on any atom is 0.418 e. The van der Waals surface area contributed by atoms with Crippen molar-refractivity contribution in [3.05, 3.63) is 82.9 Å². The van der Waals surface area contributed by atoms with E-state index in [1.165, 1.54) is 48.5 Å². The van der Waals surface area contributed by atoms with Crippen LogP contribution in [0.1, 0.15) is 22.3 Å². The molecule has 1 heterocycles. The molecule has 4 rings (SSSR count). The van der Waals surface area contributed by atoms with Crippen molar-refractivity contribution < 1.29 is 27.8 Å². The van der Waals surface area contributed by atoms with Crippen LogP contribution >= 0.6 is 0 Å². The molecule has 1 unspecified atom stereocenters. The van der Waals surface area contributed by atoms with Crippen molar-refractivity contribution in [1.29, 1.82) is 0 Å². The van der Waals surface area contributed by atoms with Gasteiger partial charge in [-0.3, -0.25) is 4.79 Å². The first-order valence-corrected chi connectivity index (χ1v) is 9.47. The number of para-hydroxylation sites is 1. The fourth-order valence-corrected chi connectivity index (χ4v) is 4.03. The molecule has 0 spiro atoms. The van der Waals surface area contributed by atoms with Gasteiger partial charge in [0.25, 0.3) is 0 Å². The van der Waals surface area contributed by atoms with Gasteiger partial charge < -0.3 is 20.9 Å². The standard InChI is InChI=1S/C24H17F3N2O3/c1-2-12-32-20-13-15(8-11-19(20)28)23(14-6-9-16(30)10-7-14)17-4-3-5-18(24(25,26)27)21(17)29-22(23)31/h1,3-11,13,30H,12,28H2,(H,29,31). The van der Waals surface area contributed by atoms with E-state index in [2.05, 4.69) is 11.2 Å². The number of carbonyl (C=O) groups is 1. The number of ether oxygens (including phenoxy) is 1. The summed E-state index contributed by atoms with van der Waals surface area (Å²) in [6.45, 7) is -0.0825. The molecule has 1 aliphatic heterocycles. The number of hydrogen-bond donors (Lipinski definition) is 3. The molecule has 0 radical (unpaired) electrons. The second-order valence-corrected chi connectivity index (χ2v) is 7.22. The highest BCUT2D eigenvalue weighted by Crippen LogP contribution is 2.52. The SMILES string of the molecule is C#CCOc1cc(C2(c3ccc(O)cc3)C(=O)Nc3c(C(F)(F)F)cccc32)ccc1N. The topological polar surface area (TPSA) is 84.6 Å². The van der Waals surface area contributed by atoms with Crippen LogP contribution in [-0.2, 0) is 16.4 Å². The van der Waals surface area contributed by atoms with Crippen LogP contribution in [-0.4, -0.2) is 17.6 Å². The number of phenolic OH excluding ortho intramolecular Hbond substituents is 1. The Labute approximate surface area is 181 Å². The summed E-state index contributed by atoms with van der Waals surface area (Å²) >= 11 is 0. The summed E-state index contributed by atoms with van der Waals surface area (Å²) in [5.41, 5.74) is 4.12. The van der Waals surface area contributed by atoms with E-state index < -0.39 is 23.1 Å². The number of nitrogens with one attached hydrogen (secondary N) is 1. The molecule has 4 N–H and O–H groups in total. The largest absolute Gasteiger partial charge is 0.508 e. The minimum Gasteiger partial charge on any atom is -0.508 e. The lowest BCUT2D eigenvalue weighted by molar-refractivity contribution is -0.136. The molecule has 0 saturated carbocycles. The van der Waals surface area contributed by atoms with Crippen molar-refractivity contribution in [3.63, 3.8) is 0 Å². The number of amides is 1. The van der Waals surface area contributed by atoms with Crippen LogP contribution in [0.4, 0.5) is 24.5 Å². The van der Waals surface area contributed by atoms with Crippen molar-refractivity contribution in [1.82, 2.24) is 0 Å². The molecule has 1 amide bonds. The van der Waals surface area contributed by atoms with E-state index in [0.717, 1.165) is 6.07 Å². The molecular weight excluding hydrogens is 421 g/mol. The van der Waals surface area contributed by atoms with Crippen LogP contribution < -0.4 is 15.8 Å². The van der Waals surface area contributed by atoms with Crippen molar-refractivity contribution in [2.45, 2.75) is 11.6 Å². The number of nitrogen functional groups attached to an aromatic ring is 1. The van der Waals surface area contributed by atoms with E-state index in [1.807, 2.05) is 0 Å². The average molecular weight is 438 g/mol. The number of terminal acetylenes is 1. The lowest BCUT2D eigenvalue weighted by Crippen LogP contribution is -2.37. The molecule has 1 aliphatic rings. The minimum atomic E-state index is -4.67. The van der Waals surface area contributed by atoms with E-state index in [9.17, 15) is 23.1 Å². The molecule has 0 fully saturated rings. The molecular formula is C24H17F3N2O3. The zero-order valence-corrected chi connectivity index (χ0v) is 16.5. The molecule has 1 atom stereocenters. The third-order valence-electron chi connectivity index (χ3n) is 5.41. The van der Waals surface area contributed by atoms with Crippen LogP contribution in [0.3, 0.4) is 0 Å². The Balaban J connectivity index is 2.05. The minimum absolute atomic E-state index is 0.0538. The molecule has 32 heavy (non-hydrogen) atoms. The number of halogens is 3. The maximum absolute atomic E-state index is 13.7. The van der Waals surface area contributed by atoms with Crippen molar-refractivity contribution in [2.24, 2.45) is 0 Å². The monoisotopic (exact) mass is 438 g/mol. The molecule has 3 aromatic carbocycles. The lowest BCUT2D eigenvalue weighted by Gasteiger charge is -2.29. The summed E-state index contributed by atoms with van der Waals surface area (Å²) < 4.78 is 46.6. The number of alkyl halides is 3. The molecule has 0 bridgehead atoms. The lowest BCUT2D eigenvalue weighted by atomic mass is 9.70. The summed E-state index contributed by atoms with van der Waals surface area (Å²) in [4.78, 5) is 13.5.